The highest BCUT2D eigenvalue weighted by atomic mass is 19.3. The summed E-state index contributed by atoms with van der Waals surface area (Å²) < 4.78 is 48.6. The molecule has 3 aromatic rings. The van der Waals surface area contributed by atoms with Gasteiger partial charge in [0.2, 0.25) is 5.95 Å². The molecule has 1 saturated carbocycles. The van der Waals surface area contributed by atoms with Crippen molar-refractivity contribution in [3.63, 3.8) is 0 Å². The fourth-order valence-corrected chi connectivity index (χ4v) is 6.40. The first-order valence-corrected chi connectivity index (χ1v) is 14.1. The number of alkyl halides is 3. The lowest BCUT2D eigenvalue weighted by molar-refractivity contribution is 0.111. The molecule has 11 heteroatoms. The maximum atomic E-state index is 14.1. The number of imidazole rings is 1. The summed E-state index contributed by atoms with van der Waals surface area (Å²) in [6.45, 7) is 3.91. The van der Waals surface area contributed by atoms with Gasteiger partial charge in [0.1, 0.15) is 18.3 Å². The molecule has 1 atom stereocenters. The lowest BCUT2D eigenvalue weighted by atomic mass is 9.85. The van der Waals surface area contributed by atoms with Crippen LogP contribution in [-0.2, 0) is 4.74 Å². The normalized spacial score (nSPS) is 24.6. The third-order valence-corrected chi connectivity index (χ3v) is 8.46. The lowest BCUT2D eigenvalue weighted by Crippen LogP contribution is -2.42. The van der Waals surface area contributed by atoms with Crippen LogP contribution in [0.25, 0.3) is 16.9 Å². The Kier molecular flexibility index (Phi) is 7.87. The molecule has 210 valence electrons. The van der Waals surface area contributed by atoms with Crippen LogP contribution in [-0.4, -0.2) is 82.6 Å². The number of fused-ring (bicyclic) bond motifs is 1. The number of aromatic nitrogens is 4. The summed E-state index contributed by atoms with van der Waals surface area (Å²) in [5, 5.41) is 3.49. The summed E-state index contributed by atoms with van der Waals surface area (Å²) in [5.74, 6) is 1.61. The molecule has 0 spiro atoms. The number of hydrogen-bond donors (Lipinski definition) is 1. The SMILES string of the molecule is FC[C@@H]1CCCN1[C@H]1CC[C@@H](CNc2cc(-n3c(C(F)F)nc4ccccc43)nc(N3CCOCC3)n2)CC1. The molecule has 1 aromatic carbocycles. The van der Waals surface area contributed by atoms with Gasteiger partial charge in [-0.05, 0) is 63.1 Å². The van der Waals surface area contributed by atoms with Crippen molar-refractivity contribution in [2.45, 2.75) is 57.0 Å². The van der Waals surface area contributed by atoms with Crippen molar-refractivity contribution in [1.29, 1.82) is 0 Å². The standard InChI is InChI=1S/C28H36F3N7O/c29-17-21-4-3-11-37(21)20-9-7-19(8-10-20)18-32-24-16-25(35-28(34-24)36-12-14-39-15-13-36)38-23-6-2-1-5-22(23)33-27(38)26(30)31/h1-2,5-6,16,19-21,26H,3-4,7-15,17-18H2,(H,32,34,35)/t19-,20+,21-/m0/s1. The van der Waals surface area contributed by atoms with Gasteiger partial charge in [0.15, 0.2) is 5.82 Å². The zero-order valence-corrected chi connectivity index (χ0v) is 22.1. The van der Waals surface area contributed by atoms with Gasteiger partial charge in [0.25, 0.3) is 6.43 Å². The molecule has 6 rings (SSSR count). The van der Waals surface area contributed by atoms with Gasteiger partial charge in [-0.15, -0.1) is 0 Å². The number of nitrogens with one attached hydrogen (secondary N) is 1. The smallest absolute Gasteiger partial charge is 0.296 e. The Morgan fingerprint density at radius 1 is 0.974 bits per heavy atom. The van der Waals surface area contributed by atoms with Crippen molar-refractivity contribution in [3.05, 3.63) is 36.2 Å². The molecule has 0 bridgehead atoms. The highest BCUT2D eigenvalue weighted by Gasteiger charge is 2.33. The molecule has 0 amide bonds. The van der Waals surface area contributed by atoms with Crippen molar-refractivity contribution >= 4 is 22.8 Å². The van der Waals surface area contributed by atoms with Crippen LogP contribution < -0.4 is 10.2 Å². The molecule has 0 unspecified atom stereocenters. The van der Waals surface area contributed by atoms with Gasteiger partial charge in [0, 0.05) is 37.8 Å². The highest BCUT2D eigenvalue weighted by molar-refractivity contribution is 5.78. The van der Waals surface area contributed by atoms with E-state index in [0.717, 1.165) is 51.6 Å². The van der Waals surface area contributed by atoms with Crippen LogP contribution in [0.2, 0.25) is 0 Å². The van der Waals surface area contributed by atoms with E-state index in [9.17, 15) is 13.2 Å². The van der Waals surface area contributed by atoms with E-state index in [1.54, 1.807) is 24.3 Å². The summed E-state index contributed by atoms with van der Waals surface area (Å²) >= 11 is 0. The van der Waals surface area contributed by atoms with Gasteiger partial charge in [-0.1, -0.05) is 12.1 Å². The van der Waals surface area contributed by atoms with E-state index in [1.807, 2.05) is 11.0 Å². The van der Waals surface area contributed by atoms with Crippen LogP contribution in [0.1, 0.15) is 50.8 Å². The fraction of sp³-hybridized carbons (Fsp3) is 0.607. The van der Waals surface area contributed by atoms with Gasteiger partial charge >= 0.3 is 0 Å². The zero-order valence-electron chi connectivity index (χ0n) is 22.1. The van der Waals surface area contributed by atoms with Gasteiger partial charge in [-0.3, -0.25) is 9.47 Å². The van der Waals surface area contributed by atoms with Gasteiger partial charge in [0.05, 0.1) is 24.2 Å². The van der Waals surface area contributed by atoms with Crippen molar-refractivity contribution in [3.8, 4) is 5.82 Å². The molecule has 0 radical (unpaired) electrons. The van der Waals surface area contributed by atoms with E-state index >= 15 is 0 Å². The van der Waals surface area contributed by atoms with E-state index in [2.05, 4.69) is 15.2 Å². The number of halogens is 3. The van der Waals surface area contributed by atoms with Crippen LogP contribution >= 0.6 is 0 Å². The predicted molar refractivity (Wildman–Crippen MR) is 145 cm³/mol. The molecule has 1 aliphatic carbocycles. The molecule has 39 heavy (non-hydrogen) atoms. The highest BCUT2D eigenvalue weighted by Crippen LogP contribution is 2.33. The van der Waals surface area contributed by atoms with E-state index in [-0.39, 0.29) is 18.5 Å². The van der Waals surface area contributed by atoms with E-state index in [0.29, 0.717) is 66.9 Å². The molecule has 2 aromatic heterocycles. The average molecular weight is 544 g/mol. The Bertz CT molecular complexity index is 1260. The van der Waals surface area contributed by atoms with Crippen LogP contribution in [0.15, 0.2) is 30.3 Å². The minimum atomic E-state index is -2.75. The van der Waals surface area contributed by atoms with Gasteiger partial charge in [-0.2, -0.15) is 9.97 Å². The van der Waals surface area contributed by atoms with Gasteiger partial charge < -0.3 is 15.0 Å². The monoisotopic (exact) mass is 543 g/mol. The molecule has 8 nitrogen and oxygen atoms in total. The van der Waals surface area contributed by atoms with Crippen molar-refractivity contribution in [2.75, 3.05) is 56.3 Å². The Morgan fingerprint density at radius 2 is 1.77 bits per heavy atom. The number of hydrogen-bond acceptors (Lipinski definition) is 7. The number of benzene rings is 1. The first-order chi connectivity index (χ1) is 19.1. The van der Waals surface area contributed by atoms with Gasteiger partial charge in [-0.25, -0.2) is 18.2 Å². The average Bonchev–Trinajstić information content (AvgIpc) is 3.62. The maximum Gasteiger partial charge on any atom is 0.296 e. The van der Waals surface area contributed by atoms with Crippen LogP contribution in [0.3, 0.4) is 0 Å². The number of anilines is 2. The number of ether oxygens (including phenoxy) is 1. The number of morpholine rings is 1. The molecule has 4 heterocycles. The molecular formula is C28H36F3N7O. The zero-order chi connectivity index (χ0) is 26.8. The molecule has 3 aliphatic rings. The summed E-state index contributed by atoms with van der Waals surface area (Å²) in [4.78, 5) is 18.1. The van der Waals surface area contributed by atoms with Crippen LogP contribution in [0, 0.1) is 5.92 Å². The second-order valence-electron chi connectivity index (χ2n) is 10.8. The third-order valence-electron chi connectivity index (χ3n) is 8.46. The number of rotatable bonds is 8. The van der Waals surface area contributed by atoms with Crippen LogP contribution in [0.5, 0.6) is 0 Å². The summed E-state index contributed by atoms with van der Waals surface area (Å²) in [7, 11) is 0. The first kappa shape index (κ1) is 26.3. The molecule has 3 fully saturated rings. The third kappa shape index (κ3) is 5.56. The first-order valence-electron chi connectivity index (χ1n) is 14.1. The minimum Gasteiger partial charge on any atom is -0.378 e. The van der Waals surface area contributed by atoms with E-state index in [1.165, 1.54) is 4.57 Å². The van der Waals surface area contributed by atoms with Crippen molar-refractivity contribution in [1.82, 2.24) is 24.4 Å². The molecular weight excluding hydrogens is 507 g/mol. The second kappa shape index (κ2) is 11.7. The Labute approximate surface area is 226 Å². The number of para-hydroxylation sites is 2. The molecule has 2 saturated heterocycles. The Hall–Kier alpha value is -2.92. The second-order valence-corrected chi connectivity index (χ2v) is 10.8. The fourth-order valence-electron chi connectivity index (χ4n) is 6.40. The predicted octanol–water partition coefficient (Wildman–Crippen LogP) is 4.99. The van der Waals surface area contributed by atoms with E-state index in [4.69, 9.17) is 14.7 Å². The quantitative estimate of drug-likeness (QED) is 0.429. The number of likely N-dealkylation sites (tertiary alicyclic amines) is 1. The number of nitrogens with zero attached hydrogens (tertiary/aromatic N) is 6. The Balaban J connectivity index is 1.23. The van der Waals surface area contributed by atoms with Crippen molar-refractivity contribution in [2.24, 2.45) is 5.92 Å². The summed E-state index contributed by atoms with van der Waals surface area (Å²) in [6, 6.07) is 9.43. The summed E-state index contributed by atoms with van der Waals surface area (Å²) in [6.07, 6.45) is 3.62. The van der Waals surface area contributed by atoms with E-state index < -0.39 is 6.43 Å². The molecule has 2 aliphatic heterocycles. The largest absolute Gasteiger partial charge is 0.378 e. The van der Waals surface area contributed by atoms with Crippen molar-refractivity contribution < 1.29 is 17.9 Å². The topological polar surface area (TPSA) is 71.3 Å². The lowest BCUT2D eigenvalue weighted by Gasteiger charge is -2.37. The summed E-state index contributed by atoms with van der Waals surface area (Å²) in [5.41, 5.74) is 1.08. The maximum absolute atomic E-state index is 14.1. The van der Waals surface area contributed by atoms with Crippen LogP contribution in [0.4, 0.5) is 24.9 Å². The Morgan fingerprint density at radius 3 is 2.54 bits per heavy atom. The minimum absolute atomic E-state index is 0.0973. The molecule has 1 N–H and O–H groups in total.